The largest absolute Gasteiger partial charge is 0.372 e. The number of rotatable bonds is 3. The van der Waals surface area contributed by atoms with Crippen LogP contribution in [-0.4, -0.2) is 41.6 Å². The highest BCUT2D eigenvalue weighted by molar-refractivity contribution is 6.30. The van der Waals surface area contributed by atoms with E-state index in [9.17, 15) is 4.79 Å². The molecule has 2 atom stereocenters. The number of ether oxygens (including phenoxy) is 1. The molecule has 23 heavy (non-hydrogen) atoms. The Kier molecular flexibility index (Phi) is 4.59. The van der Waals surface area contributed by atoms with Gasteiger partial charge in [-0.25, -0.2) is 4.98 Å². The van der Waals surface area contributed by atoms with Gasteiger partial charge in [-0.05, 0) is 32.0 Å². The fraction of sp³-hybridized carbons (Fsp3) is 0.353. The third-order valence-electron chi connectivity index (χ3n) is 3.76. The lowest BCUT2D eigenvalue weighted by Gasteiger charge is -2.36. The molecule has 0 aromatic carbocycles. The molecule has 0 N–H and O–H groups in total. The number of anilines is 1. The summed E-state index contributed by atoms with van der Waals surface area (Å²) in [6.45, 7) is 5.48. The summed E-state index contributed by atoms with van der Waals surface area (Å²) in [5.74, 6) is 0.694. The predicted octanol–water partition coefficient (Wildman–Crippen LogP) is 3.22. The zero-order chi connectivity index (χ0) is 16.4. The monoisotopic (exact) mass is 331 g/mol. The molecule has 0 spiro atoms. The number of hydrogen-bond donors (Lipinski definition) is 0. The molecule has 120 valence electrons. The van der Waals surface area contributed by atoms with Gasteiger partial charge in [0.25, 0.3) is 0 Å². The van der Waals surface area contributed by atoms with Crippen LogP contribution in [0.2, 0.25) is 5.02 Å². The van der Waals surface area contributed by atoms with Crippen molar-refractivity contribution in [2.24, 2.45) is 0 Å². The number of pyridine rings is 2. The van der Waals surface area contributed by atoms with Crippen LogP contribution in [0, 0.1) is 0 Å². The van der Waals surface area contributed by atoms with E-state index in [0.29, 0.717) is 16.4 Å². The molecule has 1 aliphatic heterocycles. The lowest BCUT2D eigenvalue weighted by molar-refractivity contribution is -0.00549. The van der Waals surface area contributed by atoms with Crippen LogP contribution in [0.15, 0.2) is 30.6 Å². The average molecular weight is 332 g/mol. The number of carbonyl (C=O) groups is 1. The second kappa shape index (κ2) is 6.64. The van der Waals surface area contributed by atoms with E-state index in [1.165, 1.54) is 0 Å². The second-order valence-corrected chi connectivity index (χ2v) is 6.22. The number of hydrogen-bond acceptors (Lipinski definition) is 5. The third-order valence-corrected chi connectivity index (χ3v) is 3.99. The molecule has 0 aliphatic carbocycles. The fourth-order valence-electron chi connectivity index (χ4n) is 2.86. The minimum Gasteiger partial charge on any atom is -0.372 e. The smallest absolute Gasteiger partial charge is 0.153 e. The summed E-state index contributed by atoms with van der Waals surface area (Å²) in [5.41, 5.74) is 2.09. The van der Waals surface area contributed by atoms with Crippen LogP contribution in [0.1, 0.15) is 24.2 Å². The highest BCUT2D eigenvalue weighted by Crippen LogP contribution is 2.26. The summed E-state index contributed by atoms with van der Waals surface area (Å²) in [7, 11) is 0. The molecular formula is C17H18ClN3O2. The van der Waals surface area contributed by atoms with Crippen LogP contribution in [-0.2, 0) is 4.74 Å². The first-order valence-corrected chi connectivity index (χ1v) is 7.92. The number of halogens is 1. The molecule has 5 nitrogen and oxygen atoms in total. The summed E-state index contributed by atoms with van der Waals surface area (Å²) in [6, 6.07) is 5.40. The molecule has 1 saturated heterocycles. The lowest BCUT2D eigenvalue weighted by Crippen LogP contribution is -2.46. The highest BCUT2D eigenvalue weighted by atomic mass is 35.5. The number of nitrogens with zero attached hydrogens (tertiary/aromatic N) is 3. The van der Waals surface area contributed by atoms with E-state index in [4.69, 9.17) is 16.3 Å². The van der Waals surface area contributed by atoms with Crippen LogP contribution in [0.5, 0.6) is 0 Å². The summed E-state index contributed by atoms with van der Waals surface area (Å²) in [5, 5.41) is 0.574. The Morgan fingerprint density at radius 1 is 1.22 bits per heavy atom. The van der Waals surface area contributed by atoms with Gasteiger partial charge in [-0.15, -0.1) is 0 Å². The third kappa shape index (κ3) is 3.51. The Hall–Kier alpha value is -1.98. The van der Waals surface area contributed by atoms with E-state index in [0.717, 1.165) is 30.6 Å². The first-order valence-electron chi connectivity index (χ1n) is 7.54. The van der Waals surface area contributed by atoms with Crippen molar-refractivity contribution in [3.63, 3.8) is 0 Å². The SMILES string of the molecule is C[C@@H]1CN(c2ncc(-c3ccc(Cl)cn3)cc2C=O)C[C@H](C)O1. The molecule has 0 unspecified atom stereocenters. The Morgan fingerprint density at radius 3 is 2.57 bits per heavy atom. The van der Waals surface area contributed by atoms with Gasteiger partial charge in [0.15, 0.2) is 6.29 Å². The topological polar surface area (TPSA) is 55.3 Å². The summed E-state index contributed by atoms with van der Waals surface area (Å²) < 4.78 is 5.74. The van der Waals surface area contributed by atoms with E-state index >= 15 is 0 Å². The molecule has 0 radical (unpaired) electrons. The highest BCUT2D eigenvalue weighted by Gasteiger charge is 2.25. The van der Waals surface area contributed by atoms with Gasteiger partial charge in [-0.2, -0.15) is 0 Å². The normalized spacial score (nSPS) is 21.3. The van der Waals surface area contributed by atoms with Crippen LogP contribution in [0.4, 0.5) is 5.82 Å². The maximum atomic E-state index is 11.5. The van der Waals surface area contributed by atoms with Crippen molar-refractivity contribution < 1.29 is 9.53 Å². The van der Waals surface area contributed by atoms with Gasteiger partial charge in [-0.3, -0.25) is 9.78 Å². The van der Waals surface area contributed by atoms with Crippen molar-refractivity contribution in [2.75, 3.05) is 18.0 Å². The maximum absolute atomic E-state index is 11.5. The maximum Gasteiger partial charge on any atom is 0.153 e. The van der Waals surface area contributed by atoms with Crippen molar-refractivity contribution in [2.45, 2.75) is 26.1 Å². The molecular weight excluding hydrogens is 314 g/mol. The van der Waals surface area contributed by atoms with Crippen molar-refractivity contribution in [3.05, 3.63) is 41.2 Å². The van der Waals surface area contributed by atoms with Crippen LogP contribution >= 0.6 is 11.6 Å². The number of aromatic nitrogens is 2. The van der Waals surface area contributed by atoms with Gasteiger partial charge in [0.2, 0.25) is 0 Å². The molecule has 0 amide bonds. The van der Waals surface area contributed by atoms with Crippen molar-refractivity contribution in [1.82, 2.24) is 9.97 Å². The van der Waals surface area contributed by atoms with Gasteiger partial charge in [0, 0.05) is 31.0 Å². The Bertz CT molecular complexity index is 695. The molecule has 0 saturated carbocycles. The molecule has 1 aliphatic rings. The predicted molar refractivity (Wildman–Crippen MR) is 90.1 cm³/mol. The minimum atomic E-state index is 0.109. The zero-order valence-electron chi connectivity index (χ0n) is 13.1. The van der Waals surface area contributed by atoms with Crippen molar-refractivity contribution in [1.29, 1.82) is 0 Å². The van der Waals surface area contributed by atoms with Gasteiger partial charge >= 0.3 is 0 Å². The van der Waals surface area contributed by atoms with Crippen molar-refractivity contribution >= 4 is 23.7 Å². The molecule has 1 fully saturated rings. The van der Waals surface area contributed by atoms with E-state index in [-0.39, 0.29) is 12.2 Å². The molecule has 0 bridgehead atoms. The Balaban J connectivity index is 1.93. The number of morpholine rings is 1. The van der Waals surface area contributed by atoms with E-state index in [2.05, 4.69) is 14.9 Å². The van der Waals surface area contributed by atoms with Crippen LogP contribution < -0.4 is 4.90 Å². The Labute approximate surface area is 140 Å². The summed E-state index contributed by atoms with van der Waals surface area (Å²) >= 11 is 5.86. The number of carbonyl (C=O) groups excluding carboxylic acids is 1. The zero-order valence-corrected chi connectivity index (χ0v) is 13.8. The first kappa shape index (κ1) is 15.9. The molecule has 2 aromatic heterocycles. The van der Waals surface area contributed by atoms with E-state index in [1.807, 2.05) is 26.0 Å². The summed E-state index contributed by atoms with van der Waals surface area (Å²) in [4.78, 5) is 22.4. The lowest BCUT2D eigenvalue weighted by atomic mass is 10.1. The second-order valence-electron chi connectivity index (χ2n) is 5.78. The first-order chi connectivity index (χ1) is 11.1. The average Bonchev–Trinajstić information content (AvgIpc) is 2.54. The summed E-state index contributed by atoms with van der Waals surface area (Å²) in [6.07, 6.45) is 4.38. The van der Waals surface area contributed by atoms with Gasteiger partial charge in [0.05, 0.1) is 28.5 Å². The molecule has 2 aromatic rings. The van der Waals surface area contributed by atoms with Gasteiger partial charge in [0.1, 0.15) is 5.82 Å². The Morgan fingerprint density at radius 2 is 1.96 bits per heavy atom. The van der Waals surface area contributed by atoms with Gasteiger partial charge < -0.3 is 9.64 Å². The van der Waals surface area contributed by atoms with E-state index < -0.39 is 0 Å². The fourth-order valence-corrected chi connectivity index (χ4v) is 2.97. The van der Waals surface area contributed by atoms with Crippen LogP contribution in [0.25, 0.3) is 11.3 Å². The van der Waals surface area contributed by atoms with Crippen molar-refractivity contribution in [3.8, 4) is 11.3 Å². The molecule has 3 rings (SSSR count). The van der Waals surface area contributed by atoms with Crippen LogP contribution in [0.3, 0.4) is 0 Å². The standard InChI is InChI=1S/C17H18ClN3O2/c1-11-8-21(9-12(2)23-11)17-14(10-22)5-13(6-20-17)16-4-3-15(18)7-19-16/h3-7,10-12H,8-9H2,1-2H3/t11-,12+. The molecule has 6 heteroatoms. The minimum absolute atomic E-state index is 0.109. The van der Waals surface area contributed by atoms with E-state index in [1.54, 1.807) is 18.5 Å². The number of aldehydes is 1. The van der Waals surface area contributed by atoms with Gasteiger partial charge in [-0.1, -0.05) is 11.6 Å². The molecule has 3 heterocycles. The quantitative estimate of drug-likeness (QED) is 0.808.